The van der Waals surface area contributed by atoms with Gasteiger partial charge in [0, 0.05) is 11.1 Å². The topological polar surface area (TPSA) is 58.9 Å². The summed E-state index contributed by atoms with van der Waals surface area (Å²) >= 11 is 0. The number of rotatable bonds is 0. The molecule has 2 aromatic rings. The molecule has 14 heavy (non-hydrogen) atoms. The predicted molar refractivity (Wildman–Crippen MR) is 53.7 cm³/mol. The molecule has 3 nitrogen and oxygen atoms in total. The van der Waals surface area contributed by atoms with Gasteiger partial charge in [-0.25, -0.2) is 4.39 Å². The summed E-state index contributed by atoms with van der Waals surface area (Å²) in [5, 5.41) is 0.876. The number of aromatic amines is 1. The van der Waals surface area contributed by atoms with Crippen LogP contribution in [0.25, 0.3) is 10.8 Å². The summed E-state index contributed by atoms with van der Waals surface area (Å²) in [7, 11) is 0. The van der Waals surface area contributed by atoms with E-state index in [0.29, 0.717) is 16.8 Å². The second kappa shape index (κ2) is 2.83. The first-order valence-electron chi connectivity index (χ1n) is 4.17. The minimum atomic E-state index is -0.439. The van der Waals surface area contributed by atoms with E-state index in [1.807, 2.05) is 0 Å². The quantitative estimate of drug-likeness (QED) is 0.665. The average molecular weight is 192 g/mol. The number of pyridine rings is 1. The summed E-state index contributed by atoms with van der Waals surface area (Å²) < 4.78 is 12.9. The number of nitrogen functional groups attached to an aromatic ring is 1. The van der Waals surface area contributed by atoms with Crippen LogP contribution < -0.4 is 11.3 Å². The molecule has 1 aromatic carbocycles. The molecule has 0 saturated carbocycles. The van der Waals surface area contributed by atoms with Gasteiger partial charge in [0.1, 0.15) is 5.82 Å². The highest BCUT2D eigenvalue weighted by molar-refractivity contribution is 5.92. The summed E-state index contributed by atoms with van der Waals surface area (Å²) in [5.74, 6) is -0.439. The van der Waals surface area contributed by atoms with Crippen LogP contribution in [0.3, 0.4) is 0 Å². The van der Waals surface area contributed by atoms with Gasteiger partial charge in [-0.05, 0) is 25.1 Å². The van der Waals surface area contributed by atoms with Crippen molar-refractivity contribution in [1.82, 2.24) is 4.98 Å². The molecule has 0 radical (unpaired) electrons. The number of nitrogens with two attached hydrogens (primary N) is 1. The molecule has 72 valence electrons. The fourth-order valence-electron chi connectivity index (χ4n) is 1.45. The molecule has 0 aliphatic heterocycles. The number of nitrogens with one attached hydrogen (secondary N) is 1. The molecule has 0 bridgehead atoms. The van der Waals surface area contributed by atoms with Crippen LogP contribution in [0.5, 0.6) is 0 Å². The fraction of sp³-hybridized carbons (Fsp3) is 0.100. The second-order valence-corrected chi connectivity index (χ2v) is 3.18. The number of benzene rings is 1. The van der Waals surface area contributed by atoms with Gasteiger partial charge in [-0.15, -0.1) is 0 Å². The Balaban J connectivity index is 3.02. The van der Waals surface area contributed by atoms with Crippen molar-refractivity contribution in [2.75, 3.05) is 5.73 Å². The van der Waals surface area contributed by atoms with Crippen LogP contribution in [0.2, 0.25) is 0 Å². The van der Waals surface area contributed by atoms with Gasteiger partial charge in [-0.3, -0.25) is 4.79 Å². The standard InChI is InChI=1S/C10H9FN2O/c1-5-9(12)7-3-2-6(11)4-8(7)10(14)13-5/h2-4H,12H2,1H3,(H,13,14). The van der Waals surface area contributed by atoms with E-state index in [-0.39, 0.29) is 10.9 Å². The highest BCUT2D eigenvalue weighted by Gasteiger charge is 2.06. The van der Waals surface area contributed by atoms with Crippen LogP contribution in [-0.4, -0.2) is 4.98 Å². The number of halogens is 1. The fourth-order valence-corrected chi connectivity index (χ4v) is 1.45. The summed E-state index contributed by atoms with van der Waals surface area (Å²) in [6.07, 6.45) is 0. The van der Waals surface area contributed by atoms with E-state index in [4.69, 9.17) is 5.73 Å². The Labute approximate surface area is 79.4 Å². The van der Waals surface area contributed by atoms with E-state index < -0.39 is 5.82 Å². The summed E-state index contributed by atoms with van der Waals surface area (Å²) in [5.41, 5.74) is 6.52. The van der Waals surface area contributed by atoms with Crippen molar-refractivity contribution in [1.29, 1.82) is 0 Å². The number of hydrogen-bond acceptors (Lipinski definition) is 2. The van der Waals surface area contributed by atoms with Gasteiger partial charge < -0.3 is 10.7 Å². The first-order chi connectivity index (χ1) is 6.59. The van der Waals surface area contributed by atoms with Gasteiger partial charge in [0.2, 0.25) is 0 Å². The van der Waals surface area contributed by atoms with Crippen LogP contribution in [0.15, 0.2) is 23.0 Å². The summed E-state index contributed by atoms with van der Waals surface area (Å²) in [6, 6.07) is 3.99. The Morgan fingerprint density at radius 3 is 2.79 bits per heavy atom. The molecule has 0 saturated heterocycles. The lowest BCUT2D eigenvalue weighted by Crippen LogP contribution is -2.10. The van der Waals surface area contributed by atoms with Crippen LogP contribution in [0.1, 0.15) is 5.69 Å². The second-order valence-electron chi connectivity index (χ2n) is 3.18. The number of H-pyrrole nitrogens is 1. The Morgan fingerprint density at radius 2 is 2.07 bits per heavy atom. The third-order valence-electron chi connectivity index (χ3n) is 2.22. The number of aryl methyl sites for hydroxylation is 1. The monoisotopic (exact) mass is 192 g/mol. The van der Waals surface area contributed by atoms with Crippen molar-refractivity contribution >= 4 is 16.5 Å². The van der Waals surface area contributed by atoms with Gasteiger partial charge in [0.15, 0.2) is 0 Å². The van der Waals surface area contributed by atoms with E-state index >= 15 is 0 Å². The lowest BCUT2D eigenvalue weighted by Gasteiger charge is -2.04. The smallest absolute Gasteiger partial charge is 0.256 e. The van der Waals surface area contributed by atoms with E-state index in [0.717, 1.165) is 0 Å². The number of aromatic nitrogens is 1. The molecule has 0 unspecified atom stereocenters. The van der Waals surface area contributed by atoms with Crippen LogP contribution in [0.4, 0.5) is 10.1 Å². The molecule has 0 fully saturated rings. The van der Waals surface area contributed by atoms with Crippen molar-refractivity contribution in [3.05, 3.63) is 40.1 Å². The number of anilines is 1. The van der Waals surface area contributed by atoms with Gasteiger partial charge in [0.05, 0.1) is 11.1 Å². The highest BCUT2D eigenvalue weighted by atomic mass is 19.1. The molecule has 0 aliphatic rings. The molecule has 2 rings (SSSR count). The van der Waals surface area contributed by atoms with Crippen LogP contribution in [-0.2, 0) is 0 Å². The first kappa shape index (κ1) is 8.74. The minimum absolute atomic E-state index is 0.285. The molecule has 4 heteroatoms. The molecule has 1 aromatic heterocycles. The predicted octanol–water partition coefficient (Wildman–Crippen LogP) is 1.56. The molecule has 3 N–H and O–H groups in total. The minimum Gasteiger partial charge on any atom is -0.397 e. The molecular weight excluding hydrogens is 183 g/mol. The Bertz CT molecular complexity index is 560. The molecule has 0 amide bonds. The largest absolute Gasteiger partial charge is 0.397 e. The van der Waals surface area contributed by atoms with Gasteiger partial charge in [0.25, 0.3) is 5.56 Å². The third-order valence-corrected chi connectivity index (χ3v) is 2.22. The SMILES string of the molecule is Cc1[nH]c(=O)c2cc(F)ccc2c1N. The van der Waals surface area contributed by atoms with Crippen molar-refractivity contribution in [2.24, 2.45) is 0 Å². The molecule has 0 spiro atoms. The van der Waals surface area contributed by atoms with Crippen LogP contribution in [0, 0.1) is 12.7 Å². The van der Waals surface area contributed by atoms with Crippen molar-refractivity contribution in [3.63, 3.8) is 0 Å². The van der Waals surface area contributed by atoms with Gasteiger partial charge in [-0.1, -0.05) is 0 Å². The van der Waals surface area contributed by atoms with E-state index in [1.54, 1.807) is 6.92 Å². The van der Waals surface area contributed by atoms with E-state index in [1.165, 1.54) is 18.2 Å². The number of fused-ring (bicyclic) bond motifs is 1. The zero-order valence-electron chi connectivity index (χ0n) is 7.60. The maximum atomic E-state index is 12.9. The van der Waals surface area contributed by atoms with Crippen molar-refractivity contribution in [2.45, 2.75) is 6.92 Å². The maximum Gasteiger partial charge on any atom is 0.256 e. The highest BCUT2D eigenvalue weighted by Crippen LogP contribution is 2.20. The van der Waals surface area contributed by atoms with Crippen molar-refractivity contribution in [3.8, 4) is 0 Å². The van der Waals surface area contributed by atoms with Gasteiger partial charge in [-0.2, -0.15) is 0 Å². The lowest BCUT2D eigenvalue weighted by atomic mass is 10.1. The molecule has 0 aliphatic carbocycles. The number of hydrogen-bond donors (Lipinski definition) is 2. The molecule has 0 atom stereocenters. The van der Waals surface area contributed by atoms with E-state index in [2.05, 4.69) is 4.98 Å². The average Bonchev–Trinajstić information content (AvgIpc) is 2.14. The Hall–Kier alpha value is -1.84. The van der Waals surface area contributed by atoms with E-state index in [9.17, 15) is 9.18 Å². The third kappa shape index (κ3) is 1.16. The summed E-state index contributed by atoms with van der Waals surface area (Å²) in [6.45, 7) is 1.71. The van der Waals surface area contributed by atoms with Crippen LogP contribution >= 0.6 is 0 Å². The molecule has 1 heterocycles. The first-order valence-corrected chi connectivity index (χ1v) is 4.17. The van der Waals surface area contributed by atoms with Crippen molar-refractivity contribution < 1.29 is 4.39 Å². The zero-order chi connectivity index (χ0) is 10.3. The normalized spacial score (nSPS) is 10.7. The molecular formula is C10H9FN2O. The summed E-state index contributed by atoms with van der Waals surface area (Å²) in [4.78, 5) is 14.0. The Morgan fingerprint density at radius 1 is 1.36 bits per heavy atom. The zero-order valence-corrected chi connectivity index (χ0v) is 7.60. The van der Waals surface area contributed by atoms with Gasteiger partial charge >= 0.3 is 0 Å². The maximum absolute atomic E-state index is 12.9. The lowest BCUT2D eigenvalue weighted by molar-refractivity contribution is 0.629. The Kier molecular flexibility index (Phi) is 1.77.